The van der Waals surface area contributed by atoms with Crippen LogP contribution >= 0.6 is 0 Å². The van der Waals surface area contributed by atoms with Gasteiger partial charge in [-0.05, 0) is 36.4 Å². The third kappa shape index (κ3) is 3.37. The molecule has 6 nitrogen and oxygen atoms in total. The second-order valence-corrected chi connectivity index (χ2v) is 5.55. The monoisotopic (exact) mass is 325 g/mol. The third-order valence-electron chi connectivity index (χ3n) is 4.15. The highest BCUT2D eigenvalue weighted by Crippen LogP contribution is 2.16. The van der Waals surface area contributed by atoms with Crippen molar-refractivity contribution in [3.8, 4) is 0 Å². The number of carbonyl (C=O) groups is 2. The van der Waals surface area contributed by atoms with Crippen LogP contribution in [0.25, 0.3) is 0 Å². The maximum absolute atomic E-state index is 12.6. The Morgan fingerprint density at radius 1 is 0.917 bits per heavy atom. The van der Waals surface area contributed by atoms with Crippen LogP contribution in [-0.2, 0) is 4.74 Å². The van der Waals surface area contributed by atoms with Crippen molar-refractivity contribution in [1.29, 1.82) is 0 Å². The summed E-state index contributed by atoms with van der Waals surface area (Å²) >= 11 is 0. The van der Waals surface area contributed by atoms with Crippen LogP contribution in [-0.4, -0.2) is 55.0 Å². The standard InChI is InChI=1S/C18H19N3O3/c1-24-18(23)15-4-2-14(3-5-15)17(22)21-12-10-20(11-13-21)16-6-8-19-9-7-16/h2-9H,10-13H2,1H3. The Morgan fingerprint density at radius 2 is 1.50 bits per heavy atom. The molecule has 0 aliphatic carbocycles. The molecule has 0 spiro atoms. The SMILES string of the molecule is COC(=O)c1ccc(C(=O)N2CCN(c3ccncc3)CC2)cc1. The highest BCUT2D eigenvalue weighted by atomic mass is 16.5. The van der Waals surface area contributed by atoms with E-state index in [4.69, 9.17) is 0 Å². The van der Waals surface area contributed by atoms with Crippen molar-refractivity contribution in [2.45, 2.75) is 0 Å². The molecular formula is C18H19N3O3. The third-order valence-corrected chi connectivity index (χ3v) is 4.15. The van der Waals surface area contributed by atoms with Crippen molar-refractivity contribution >= 4 is 17.6 Å². The number of anilines is 1. The van der Waals surface area contributed by atoms with Gasteiger partial charge in [-0.25, -0.2) is 4.79 Å². The van der Waals surface area contributed by atoms with E-state index in [1.54, 1.807) is 36.7 Å². The van der Waals surface area contributed by atoms with Gasteiger partial charge in [0.1, 0.15) is 0 Å². The van der Waals surface area contributed by atoms with E-state index >= 15 is 0 Å². The first-order chi connectivity index (χ1) is 11.7. The minimum Gasteiger partial charge on any atom is -0.465 e. The summed E-state index contributed by atoms with van der Waals surface area (Å²) in [7, 11) is 1.34. The zero-order valence-corrected chi connectivity index (χ0v) is 13.5. The van der Waals surface area contributed by atoms with Gasteiger partial charge in [-0.15, -0.1) is 0 Å². The minimum absolute atomic E-state index is 0.0132. The number of carbonyl (C=O) groups excluding carboxylic acids is 2. The highest BCUT2D eigenvalue weighted by molar-refractivity contribution is 5.96. The molecule has 1 aromatic carbocycles. The van der Waals surface area contributed by atoms with Crippen molar-refractivity contribution in [1.82, 2.24) is 9.88 Å². The quantitative estimate of drug-likeness (QED) is 0.806. The minimum atomic E-state index is -0.403. The number of pyridine rings is 1. The molecule has 0 bridgehead atoms. The van der Waals surface area contributed by atoms with E-state index in [-0.39, 0.29) is 5.91 Å². The van der Waals surface area contributed by atoms with E-state index in [2.05, 4.69) is 14.6 Å². The fourth-order valence-electron chi connectivity index (χ4n) is 2.77. The smallest absolute Gasteiger partial charge is 0.337 e. The fraction of sp³-hybridized carbons (Fsp3) is 0.278. The van der Waals surface area contributed by atoms with E-state index in [1.807, 2.05) is 17.0 Å². The average Bonchev–Trinajstić information content (AvgIpc) is 2.68. The number of amides is 1. The van der Waals surface area contributed by atoms with E-state index in [0.29, 0.717) is 24.2 Å². The number of rotatable bonds is 3. The summed E-state index contributed by atoms with van der Waals surface area (Å²) in [5, 5.41) is 0. The number of ether oxygens (including phenoxy) is 1. The van der Waals surface area contributed by atoms with Crippen LogP contribution in [0.3, 0.4) is 0 Å². The van der Waals surface area contributed by atoms with Gasteiger partial charge in [-0.2, -0.15) is 0 Å². The lowest BCUT2D eigenvalue weighted by Crippen LogP contribution is -2.48. The van der Waals surface area contributed by atoms with Gasteiger partial charge in [-0.3, -0.25) is 9.78 Å². The molecule has 1 saturated heterocycles. The number of esters is 1. The molecule has 1 aliphatic rings. The Bertz CT molecular complexity index is 708. The molecule has 124 valence electrons. The molecule has 1 fully saturated rings. The highest BCUT2D eigenvalue weighted by Gasteiger charge is 2.22. The molecule has 1 aromatic heterocycles. The molecule has 6 heteroatoms. The van der Waals surface area contributed by atoms with Crippen molar-refractivity contribution in [3.63, 3.8) is 0 Å². The number of hydrogen-bond donors (Lipinski definition) is 0. The van der Waals surface area contributed by atoms with Gasteiger partial charge in [0.05, 0.1) is 12.7 Å². The van der Waals surface area contributed by atoms with Crippen molar-refractivity contribution in [2.24, 2.45) is 0 Å². The maximum atomic E-state index is 12.6. The van der Waals surface area contributed by atoms with Gasteiger partial charge in [0.2, 0.25) is 0 Å². The van der Waals surface area contributed by atoms with Crippen LogP contribution in [0.4, 0.5) is 5.69 Å². The molecule has 0 N–H and O–H groups in total. The predicted molar refractivity (Wildman–Crippen MR) is 90.1 cm³/mol. The van der Waals surface area contributed by atoms with Crippen LogP contribution in [0.1, 0.15) is 20.7 Å². The van der Waals surface area contributed by atoms with E-state index in [1.165, 1.54) is 7.11 Å². The van der Waals surface area contributed by atoms with Gasteiger partial charge in [-0.1, -0.05) is 0 Å². The first kappa shape index (κ1) is 16.0. The average molecular weight is 325 g/mol. The summed E-state index contributed by atoms with van der Waals surface area (Å²) in [5.74, 6) is -0.416. The van der Waals surface area contributed by atoms with Crippen LogP contribution < -0.4 is 4.90 Å². The number of hydrogen-bond acceptors (Lipinski definition) is 5. The molecule has 1 aliphatic heterocycles. The lowest BCUT2D eigenvalue weighted by atomic mass is 10.1. The van der Waals surface area contributed by atoms with Crippen LogP contribution in [0.15, 0.2) is 48.8 Å². The Labute approximate surface area is 140 Å². The topological polar surface area (TPSA) is 62.7 Å². The van der Waals surface area contributed by atoms with Crippen molar-refractivity contribution in [3.05, 3.63) is 59.9 Å². The Balaban J connectivity index is 1.62. The largest absolute Gasteiger partial charge is 0.465 e. The molecule has 2 heterocycles. The zero-order chi connectivity index (χ0) is 16.9. The second-order valence-electron chi connectivity index (χ2n) is 5.55. The summed E-state index contributed by atoms with van der Waals surface area (Å²) < 4.78 is 4.66. The van der Waals surface area contributed by atoms with Crippen LogP contribution in [0, 0.1) is 0 Å². The molecule has 0 unspecified atom stereocenters. The maximum Gasteiger partial charge on any atom is 0.337 e. The summed E-state index contributed by atoms with van der Waals surface area (Å²) in [4.78, 5) is 32.1. The van der Waals surface area contributed by atoms with Gasteiger partial charge < -0.3 is 14.5 Å². The zero-order valence-electron chi connectivity index (χ0n) is 13.5. The van der Waals surface area contributed by atoms with Crippen molar-refractivity contribution in [2.75, 3.05) is 38.2 Å². The molecule has 0 saturated carbocycles. The lowest BCUT2D eigenvalue weighted by Gasteiger charge is -2.36. The Kier molecular flexibility index (Phi) is 4.74. The second kappa shape index (κ2) is 7.12. The predicted octanol–water partition coefficient (Wildman–Crippen LogP) is 1.83. The molecule has 3 rings (SSSR count). The molecule has 24 heavy (non-hydrogen) atoms. The van der Waals surface area contributed by atoms with Gasteiger partial charge >= 0.3 is 5.97 Å². The lowest BCUT2D eigenvalue weighted by molar-refractivity contribution is 0.0599. The summed E-state index contributed by atoms with van der Waals surface area (Å²) in [6, 6.07) is 10.5. The molecular weight excluding hydrogens is 306 g/mol. The molecule has 1 amide bonds. The molecule has 2 aromatic rings. The number of nitrogens with zero attached hydrogens (tertiary/aromatic N) is 3. The van der Waals surface area contributed by atoms with E-state index in [0.717, 1.165) is 18.8 Å². The molecule has 0 atom stereocenters. The number of aromatic nitrogens is 1. The van der Waals surface area contributed by atoms with Gasteiger partial charge in [0, 0.05) is 49.8 Å². The first-order valence-corrected chi connectivity index (χ1v) is 7.81. The number of benzene rings is 1. The fourth-order valence-corrected chi connectivity index (χ4v) is 2.77. The van der Waals surface area contributed by atoms with Gasteiger partial charge in [0.25, 0.3) is 5.91 Å². The van der Waals surface area contributed by atoms with E-state index in [9.17, 15) is 9.59 Å². The Morgan fingerprint density at radius 3 is 2.08 bits per heavy atom. The van der Waals surface area contributed by atoms with Crippen LogP contribution in [0.5, 0.6) is 0 Å². The number of methoxy groups -OCH3 is 1. The Hall–Kier alpha value is -2.89. The van der Waals surface area contributed by atoms with Crippen molar-refractivity contribution < 1.29 is 14.3 Å². The number of piperazine rings is 1. The summed E-state index contributed by atoms with van der Waals surface area (Å²) in [6.07, 6.45) is 3.55. The summed E-state index contributed by atoms with van der Waals surface area (Å²) in [6.45, 7) is 2.91. The normalized spacial score (nSPS) is 14.4. The van der Waals surface area contributed by atoms with E-state index < -0.39 is 5.97 Å². The summed E-state index contributed by atoms with van der Waals surface area (Å²) in [5.41, 5.74) is 2.15. The first-order valence-electron chi connectivity index (χ1n) is 7.81. The van der Waals surface area contributed by atoms with Crippen LogP contribution in [0.2, 0.25) is 0 Å². The molecule has 0 radical (unpaired) electrons. The van der Waals surface area contributed by atoms with Gasteiger partial charge in [0.15, 0.2) is 0 Å².